The molecule has 3 N–H and O–H groups in total. The van der Waals surface area contributed by atoms with E-state index in [0.717, 1.165) is 44.7 Å². The smallest absolute Gasteiger partial charge is 0.475 e. The van der Waals surface area contributed by atoms with Crippen LogP contribution in [-0.4, -0.2) is 110 Å². The first-order chi connectivity index (χ1) is 20.2. The van der Waals surface area contributed by atoms with Crippen molar-refractivity contribution in [1.29, 1.82) is 0 Å². The Kier molecular flexibility index (Phi) is 14.9. The molecule has 44 heavy (non-hydrogen) atoms. The minimum atomic E-state index is -5.08. The van der Waals surface area contributed by atoms with E-state index >= 15 is 0 Å². The van der Waals surface area contributed by atoms with Crippen LogP contribution in [0.2, 0.25) is 0 Å². The van der Waals surface area contributed by atoms with Crippen LogP contribution in [0, 0.1) is 0 Å². The predicted octanol–water partition coefficient (Wildman–Crippen LogP) is 3.91. The summed E-state index contributed by atoms with van der Waals surface area (Å²) in [7, 11) is 0. The van der Waals surface area contributed by atoms with E-state index in [0.29, 0.717) is 18.8 Å². The summed E-state index contributed by atoms with van der Waals surface area (Å²) < 4.78 is 101. The summed E-state index contributed by atoms with van der Waals surface area (Å²) >= 11 is 1.75. The van der Waals surface area contributed by atoms with Crippen LogP contribution in [0.25, 0.3) is 0 Å². The average molecular weight is 673 g/mol. The maximum Gasteiger partial charge on any atom is 0.490 e. The largest absolute Gasteiger partial charge is 0.490 e. The number of alkyl halides is 9. The molecule has 0 aromatic carbocycles. The van der Waals surface area contributed by atoms with Crippen molar-refractivity contribution in [3.05, 3.63) is 46.7 Å². The summed E-state index contributed by atoms with van der Waals surface area (Å²) in [5, 5.41) is 24.7. The van der Waals surface area contributed by atoms with Gasteiger partial charge in [-0.15, -0.1) is 11.3 Å². The number of carboxylic acid groups (broad SMARTS) is 3. The van der Waals surface area contributed by atoms with Gasteiger partial charge in [0.15, 0.2) is 0 Å². The van der Waals surface area contributed by atoms with E-state index in [1.165, 1.54) is 5.01 Å². The number of hydrogen-bond acceptors (Lipinski definition) is 9. The molecule has 2 aromatic heterocycles. The van der Waals surface area contributed by atoms with E-state index in [2.05, 4.69) is 31.2 Å². The maximum absolute atomic E-state index is 10.6. The minimum absolute atomic E-state index is 0.347. The number of carboxylic acids is 3. The summed E-state index contributed by atoms with van der Waals surface area (Å²) in [5.41, 5.74) is 1.16. The van der Waals surface area contributed by atoms with Crippen LogP contribution in [0.3, 0.4) is 0 Å². The molecule has 2 aliphatic heterocycles. The van der Waals surface area contributed by atoms with Crippen LogP contribution in [0.1, 0.15) is 17.0 Å². The molecule has 0 radical (unpaired) electrons. The van der Waals surface area contributed by atoms with Crippen LogP contribution in [-0.2, 0) is 32.3 Å². The first-order valence-corrected chi connectivity index (χ1v) is 12.8. The van der Waals surface area contributed by atoms with Gasteiger partial charge in [-0.25, -0.2) is 19.4 Å². The third kappa shape index (κ3) is 15.3. The monoisotopic (exact) mass is 672 g/mol. The first kappa shape index (κ1) is 38.5. The van der Waals surface area contributed by atoms with Gasteiger partial charge < -0.3 is 20.1 Å². The number of rotatable bonds is 5. The fourth-order valence-electron chi connectivity index (χ4n) is 3.55. The van der Waals surface area contributed by atoms with E-state index in [4.69, 9.17) is 34.4 Å². The summed E-state index contributed by atoms with van der Waals surface area (Å²) in [4.78, 5) is 40.4. The van der Waals surface area contributed by atoms with Gasteiger partial charge in [-0.3, -0.25) is 14.8 Å². The average Bonchev–Trinajstić information content (AvgIpc) is 3.57. The van der Waals surface area contributed by atoms with Gasteiger partial charge in [0.1, 0.15) is 5.01 Å². The summed E-state index contributed by atoms with van der Waals surface area (Å²) in [6, 6.07) is 4.67. The lowest BCUT2D eigenvalue weighted by Crippen LogP contribution is -2.49. The van der Waals surface area contributed by atoms with Crippen LogP contribution in [0.4, 0.5) is 39.5 Å². The fourth-order valence-corrected chi connectivity index (χ4v) is 4.20. The van der Waals surface area contributed by atoms with Crippen molar-refractivity contribution in [2.45, 2.75) is 50.2 Å². The SMILES string of the molecule is O=C(O)C(F)(F)F.O=C(O)C(F)(F)F.O=C(O)C(F)(F)F.c1cncc(CO[C@@H]2C[C@H]3CN(Cc4nccs4)CCN3C2)c1. The number of aliphatic carboxylic acids is 3. The zero-order valence-corrected chi connectivity index (χ0v) is 23.0. The van der Waals surface area contributed by atoms with E-state index in [1.807, 2.05) is 18.5 Å². The number of hydrogen-bond donors (Lipinski definition) is 3. The van der Waals surface area contributed by atoms with Crippen LogP contribution >= 0.6 is 11.3 Å². The normalized spacial score (nSPS) is 18.8. The van der Waals surface area contributed by atoms with Gasteiger partial charge in [-0.2, -0.15) is 39.5 Å². The molecule has 2 atom stereocenters. The lowest BCUT2D eigenvalue weighted by Gasteiger charge is -2.36. The molecule has 0 unspecified atom stereocenters. The standard InChI is InChI=1S/C17H22N4OS.3C2HF3O2/c1-2-14(9-18-3-1)13-22-16-8-15-10-20(5-6-21(15)11-16)12-17-19-4-7-23-17;3*3-2(4,5)1(6)7/h1-4,7,9,15-16H,5-6,8,10-13H2;3*(H,6,7)/t15-,16+;;;/m0.../s1. The molecule has 2 aromatic rings. The van der Waals surface area contributed by atoms with Gasteiger partial charge in [-0.1, -0.05) is 6.07 Å². The van der Waals surface area contributed by atoms with Crippen molar-refractivity contribution < 1.29 is 74.0 Å². The van der Waals surface area contributed by atoms with Crippen molar-refractivity contribution in [2.75, 3.05) is 26.2 Å². The molecule has 4 heterocycles. The van der Waals surface area contributed by atoms with Gasteiger partial charge >= 0.3 is 36.4 Å². The second kappa shape index (κ2) is 17.1. The Hall–Kier alpha value is -3.56. The molecule has 2 fully saturated rings. The second-order valence-electron chi connectivity index (χ2n) is 8.75. The van der Waals surface area contributed by atoms with Crippen LogP contribution in [0.5, 0.6) is 0 Å². The Morgan fingerprint density at radius 3 is 1.86 bits per heavy atom. The number of nitrogens with zero attached hydrogens (tertiary/aromatic N) is 4. The molecule has 0 saturated carbocycles. The highest BCUT2D eigenvalue weighted by molar-refractivity contribution is 7.09. The number of pyridine rings is 1. The van der Waals surface area contributed by atoms with Gasteiger partial charge in [0.25, 0.3) is 0 Å². The van der Waals surface area contributed by atoms with E-state index in [9.17, 15) is 39.5 Å². The van der Waals surface area contributed by atoms with Gasteiger partial charge in [0.05, 0.1) is 19.3 Å². The second-order valence-corrected chi connectivity index (χ2v) is 9.73. The predicted molar refractivity (Wildman–Crippen MR) is 131 cm³/mol. The molecule has 248 valence electrons. The molecule has 2 saturated heterocycles. The number of thiazole rings is 1. The first-order valence-electron chi connectivity index (χ1n) is 12.0. The Labute approximate surface area is 246 Å². The lowest BCUT2D eigenvalue weighted by molar-refractivity contribution is -0.193. The van der Waals surface area contributed by atoms with E-state index in [1.54, 1.807) is 17.5 Å². The Balaban J connectivity index is 0.000000379. The van der Waals surface area contributed by atoms with Crippen LogP contribution in [0.15, 0.2) is 36.1 Å². The highest BCUT2D eigenvalue weighted by atomic mass is 32.1. The summed E-state index contributed by atoms with van der Waals surface area (Å²) in [6.07, 6.45) is -8.18. The number of piperazine rings is 1. The third-order valence-corrected chi connectivity index (χ3v) is 6.20. The molecule has 4 rings (SSSR count). The molecule has 2 aliphatic rings. The molecular weight excluding hydrogens is 647 g/mol. The van der Waals surface area contributed by atoms with Crippen molar-refractivity contribution in [2.24, 2.45) is 0 Å². The van der Waals surface area contributed by atoms with Crippen molar-refractivity contribution in [3.63, 3.8) is 0 Å². The molecule has 0 amide bonds. The Morgan fingerprint density at radius 2 is 1.43 bits per heavy atom. The number of halogens is 9. The highest BCUT2D eigenvalue weighted by Gasteiger charge is 2.40. The van der Waals surface area contributed by atoms with E-state index in [-0.39, 0.29) is 0 Å². The number of fused-ring (bicyclic) bond motifs is 1. The molecule has 0 aliphatic carbocycles. The summed E-state index contributed by atoms with van der Waals surface area (Å²) in [5.74, 6) is -8.27. The number of aromatic nitrogens is 2. The van der Waals surface area contributed by atoms with Gasteiger partial charge in [0.2, 0.25) is 0 Å². The van der Waals surface area contributed by atoms with Gasteiger partial charge in [-0.05, 0) is 18.1 Å². The maximum atomic E-state index is 10.6. The minimum Gasteiger partial charge on any atom is -0.475 e. The highest BCUT2D eigenvalue weighted by Crippen LogP contribution is 2.26. The van der Waals surface area contributed by atoms with E-state index < -0.39 is 36.4 Å². The Bertz CT molecular complexity index is 1110. The van der Waals surface area contributed by atoms with Crippen molar-refractivity contribution >= 4 is 29.2 Å². The van der Waals surface area contributed by atoms with Crippen LogP contribution < -0.4 is 0 Å². The molecule has 0 spiro atoms. The molecule has 11 nitrogen and oxygen atoms in total. The van der Waals surface area contributed by atoms with Gasteiger partial charge in [0, 0.05) is 56.2 Å². The fraction of sp³-hybridized carbons (Fsp3) is 0.522. The molecular formula is C23H25F9N4O7S. The van der Waals surface area contributed by atoms with Crippen molar-refractivity contribution in [1.82, 2.24) is 19.8 Å². The third-order valence-electron chi connectivity index (χ3n) is 5.44. The number of ether oxygens (including phenoxy) is 1. The number of carbonyl (C=O) groups is 3. The van der Waals surface area contributed by atoms with Crippen molar-refractivity contribution in [3.8, 4) is 0 Å². The topological polar surface area (TPSA) is 153 Å². The zero-order chi connectivity index (χ0) is 33.7. The quantitative estimate of drug-likeness (QED) is 0.397. The zero-order valence-electron chi connectivity index (χ0n) is 22.1. The lowest BCUT2D eigenvalue weighted by atomic mass is 10.1. The molecule has 21 heteroatoms. The molecule has 0 bridgehead atoms. The Morgan fingerprint density at radius 1 is 0.886 bits per heavy atom. The summed E-state index contributed by atoms with van der Waals surface area (Å²) in [6.45, 7) is 6.13.